The van der Waals surface area contributed by atoms with Crippen LogP contribution in [0, 0.1) is 0 Å². The first-order chi connectivity index (χ1) is 10.5. The van der Waals surface area contributed by atoms with E-state index in [1.54, 1.807) is 19.1 Å². The first-order valence-corrected chi connectivity index (χ1v) is 7.63. The molecule has 5 nitrogen and oxygen atoms in total. The minimum absolute atomic E-state index is 0.124. The van der Waals surface area contributed by atoms with E-state index < -0.39 is 0 Å². The van der Waals surface area contributed by atoms with E-state index in [2.05, 4.69) is 23.5 Å². The molecular formula is C17H24N4O. The predicted molar refractivity (Wildman–Crippen MR) is 88.4 cm³/mol. The number of aryl methyl sites for hydroxylation is 2. The van der Waals surface area contributed by atoms with Crippen LogP contribution in [-0.2, 0) is 13.5 Å². The molecule has 1 amide bonds. The summed E-state index contributed by atoms with van der Waals surface area (Å²) in [6.45, 7) is 2.18. The molecule has 118 valence electrons. The second-order valence-electron chi connectivity index (χ2n) is 5.63. The Balaban J connectivity index is 2.35. The number of hydrogen-bond donors (Lipinski definition) is 1. The molecule has 2 rings (SSSR count). The fourth-order valence-corrected chi connectivity index (χ4v) is 2.40. The van der Waals surface area contributed by atoms with Crippen LogP contribution in [0.1, 0.15) is 35.8 Å². The van der Waals surface area contributed by atoms with Crippen molar-refractivity contribution in [1.29, 1.82) is 0 Å². The van der Waals surface area contributed by atoms with E-state index >= 15 is 0 Å². The second-order valence-corrected chi connectivity index (χ2v) is 5.63. The zero-order valence-corrected chi connectivity index (χ0v) is 13.8. The minimum atomic E-state index is -0.124. The Kier molecular flexibility index (Phi) is 5.33. The highest BCUT2D eigenvalue weighted by molar-refractivity contribution is 6.00. The minimum Gasteiger partial charge on any atom is -0.285 e. The summed E-state index contributed by atoms with van der Waals surface area (Å²) in [6, 6.07) is 9.65. The highest BCUT2D eigenvalue weighted by Crippen LogP contribution is 2.24. The first kappa shape index (κ1) is 16.2. The van der Waals surface area contributed by atoms with E-state index in [9.17, 15) is 4.79 Å². The average molecular weight is 300 g/mol. The lowest BCUT2D eigenvalue weighted by molar-refractivity contribution is 0.0857. The van der Waals surface area contributed by atoms with Crippen LogP contribution >= 0.6 is 0 Å². The summed E-state index contributed by atoms with van der Waals surface area (Å²) in [7, 11) is 5.55. The molecule has 1 N–H and O–H groups in total. The third-order valence-electron chi connectivity index (χ3n) is 3.54. The number of nitrogens with zero attached hydrogens (tertiary/aromatic N) is 3. The zero-order valence-electron chi connectivity index (χ0n) is 13.8. The van der Waals surface area contributed by atoms with Gasteiger partial charge in [-0.1, -0.05) is 31.5 Å². The predicted octanol–water partition coefficient (Wildman–Crippen LogP) is 2.64. The molecule has 0 saturated heterocycles. The molecule has 1 heterocycles. The van der Waals surface area contributed by atoms with Gasteiger partial charge in [-0.3, -0.25) is 14.9 Å². The van der Waals surface area contributed by atoms with Crippen LogP contribution in [0.15, 0.2) is 30.3 Å². The van der Waals surface area contributed by atoms with Crippen molar-refractivity contribution < 1.29 is 4.79 Å². The van der Waals surface area contributed by atoms with E-state index in [1.165, 1.54) is 5.69 Å². The Morgan fingerprint density at radius 2 is 2.05 bits per heavy atom. The number of carbonyl (C=O) groups is 1. The Morgan fingerprint density at radius 3 is 2.73 bits per heavy atom. The van der Waals surface area contributed by atoms with E-state index in [4.69, 9.17) is 0 Å². The monoisotopic (exact) mass is 300 g/mol. The molecule has 5 heteroatoms. The van der Waals surface area contributed by atoms with Crippen LogP contribution in [0.2, 0.25) is 0 Å². The van der Waals surface area contributed by atoms with E-state index in [-0.39, 0.29) is 5.91 Å². The van der Waals surface area contributed by atoms with E-state index in [0.29, 0.717) is 5.56 Å². The Hall–Kier alpha value is -2.14. The van der Waals surface area contributed by atoms with Gasteiger partial charge in [0.15, 0.2) is 0 Å². The summed E-state index contributed by atoms with van der Waals surface area (Å²) in [4.78, 5) is 12.3. The van der Waals surface area contributed by atoms with Crippen molar-refractivity contribution in [3.8, 4) is 11.3 Å². The maximum Gasteiger partial charge on any atom is 0.266 e. The maximum absolute atomic E-state index is 12.3. The molecule has 0 aliphatic carbocycles. The molecule has 0 spiro atoms. The van der Waals surface area contributed by atoms with Crippen molar-refractivity contribution in [2.24, 2.45) is 7.05 Å². The fraction of sp³-hybridized carbons (Fsp3) is 0.412. The second kappa shape index (κ2) is 7.22. The van der Waals surface area contributed by atoms with Crippen molar-refractivity contribution in [3.63, 3.8) is 0 Å². The number of amides is 1. The highest BCUT2D eigenvalue weighted by atomic mass is 16.2. The van der Waals surface area contributed by atoms with E-state index in [1.807, 2.05) is 36.0 Å². The maximum atomic E-state index is 12.3. The van der Waals surface area contributed by atoms with Crippen LogP contribution in [0.5, 0.6) is 0 Å². The summed E-state index contributed by atoms with van der Waals surface area (Å²) in [5.41, 5.74) is 6.32. The van der Waals surface area contributed by atoms with Crippen molar-refractivity contribution in [2.75, 3.05) is 14.1 Å². The van der Waals surface area contributed by atoms with Crippen molar-refractivity contribution in [1.82, 2.24) is 20.2 Å². The van der Waals surface area contributed by atoms with Crippen LogP contribution in [0.3, 0.4) is 0 Å². The van der Waals surface area contributed by atoms with Gasteiger partial charge in [0.1, 0.15) is 0 Å². The van der Waals surface area contributed by atoms with Crippen LogP contribution in [-0.4, -0.2) is 34.8 Å². The lowest BCUT2D eigenvalue weighted by atomic mass is 10.0. The SMILES string of the molecule is CCCCc1cc(-c2ccccc2C(=O)NN(C)C)nn1C. The van der Waals surface area contributed by atoms with Gasteiger partial charge in [0.05, 0.1) is 11.3 Å². The van der Waals surface area contributed by atoms with Crippen LogP contribution in [0.4, 0.5) is 0 Å². The molecule has 1 aromatic heterocycles. The molecule has 2 aromatic rings. The number of aromatic nitrogens is 2. The zero-order chi connectivity index (χ0) is 16.1. The Labute approximate surface area is 131 Å². The number of hydrazine groups is 1. The van der Waals surface area contributed by atoms with Gasteiger partial charge in [0, 0.05) is 32.4 Å². The van der Waals surface area contributed by atoms with Gasteiger partial charge in [-0.05, 0) is 25.0 Å². The van der Waals surface area contributed by atoms with Crippen LogP contribution < -0.4 is 5.43 Å². The molecule has 0 saturated carbocycles. The smallest absolute Gasteiger partial charge is 0.266 e. The number of nitrogens with one attached hydrogen (secondary N) is 1. The largest absolute Gasteiger partial charge is 0.285 e. The molecule has 0 bridgehead atoms. The fourth-order valence-electron chi connectivity index (χ4n) is 2.40. The molecular weight excluding hydrogens is 276 g/mol. The van der Waals surface area contributed by atoms with Crippen molar-refractivity contribution >= 4 is 5.91 Å². The molecule has 0 fully saturated rings. The van der Waals surface area contributed by atoms with Crippen molar-refractivity contribution in [3.05, 3.63) is 41.6 Å². The van der Waals surface area contributed by atoms with Gasteiger partial charge >= 0.3 is 0 Å². The quantitative estimate of drug-likeness (QED) is 0.834. The van der Waals surface area contributed by atoms with Gasteiger partial charge < -0.3 is 0 Å². The summed E-state index contributed by atoms with van der Waals surface area (Å²) >= 11 is 0. The number of carbonyl (C=O) groups excluding carboxylic acids is 1. The summed E-state index contributed by atoms with van der Waals surface area (Å²) in [5.74, 6) is -0.124. The highest BCUT2D eigenvalue weighted by Gasteiger charge is 2.15. The van der Waals surface area contributed by atoms with Crippen molar-refractivity contribution in [2.45, 2.75) is 26.2 Å². The normalized spacial score (nSPS) is 11.0. The van der Waals surface area contributed by atoms with Gasteiger partial charge in [-0.15, -0.1) is 0 Å². The molecule has 0 aliphatic rings. The van der Waals surface area contributed by atoms with Gasteiger partial charge in [-0.2, -0.15) is 5.10 Å². The number of rotatable bonds is 6. The third-order valence-corrected chi connectivity index (χ3v) is 3.54. The summed E-state index contributed by atoms with van der Waals surface area (Å²) < 4.78 is 1.91. The molecule has 0 radical (unpaired) electrons. The average Bonchev–Trinajstić information content (AvgIpc) is 2.85. The topological polar surface area (TPSA) is 50.2 Å². The summed E-state index contributed by atoms with van der Waals surface area (Å²) in [6.07, 6.45) is 3.30. The molecule has 0 aliphatic heterocycles. The molecule has 0 unspecified atom stereocenters. The number of benzene rings is 1. The van der Waals surface area contributed by atoms with Gasteiger partial charge in [0.25, 0.3) is 5.91 Å². The lowest BCUT2D eigenvalue weighted by Crippen LogP contribution is -2.36. The molecule has 1 aromatic carbocycles. The first-order valence-electron chi connectivity index (χ1n) is 7.63. The summed E-state index contributed by atoms with van der Waals surface area (Å²) in [5, 5.41) is 6.22. The van der Waals surface area contributed by atoms with Crippen LogP contribution in [0.25, 0.3) is 11.3 Å². The Morgan fingerprint density at radius 1 is 1.32 bits per heavy atom. The Bertz CT molecular complexity index is 646. The molecule has 22 heavy (non-hydrogen) atoms. The number of unbranched alkanes of at least 4 members (excludes halogenated alkanes) is 1. The standard InChI is InChI=1S/C17H24N4O/c1-5-6-9-13-12-16(18-21(13)4)14-10-7-8-11-15(14)17(22)19-20(2)3/h7-8,10-12H,5-6,9H2,1-4H3,(H,19,22). The molecule has 0 atom stereocenters. The number of hydrogen-bond acceptors (Lipinski definition) is 3. The van der Waals surface area contributed by atoms with Gasteiger partial charge in [0.2, 0.25) is 0 Å². The van der Waals surface area contributed by atoms with E-state index in [0.717, 1.165) is 30.5 Å². The van der Waals surface area contributed by atoms with Gasteiger partial charge in [-0.25, -0.2) is 5.01 Å². The third kappa shape index (κ3) is 3.74. The lowest BCUT2D eigenvalue weighted by Gasteiger charge is -2.13.